The van der Waals surface area contributed by atoms with Gasteiger partial charge in [-0.2, -0.15) is 0 Å². The summed E-state index contributed by atoms with van der Waals surface area (Å²) in [4.78, 5) is 24.6. The maximum Gasteiger partial charge on any atom is 0.229 e. The number of nitrogens with zero attached hydrogens (tertiary/aromatic N) is 2. The van der Waals surface area contributed by atoms with E-state index < -0.39 is 0 Å². The van der Waals surface area contributed by atoms with Crippen LogP contribution in [0.1, 0.15) is 63.3 Å². The molecule has 1 amide bonds. The molecule has 5 nitrogen and oxygen atoms in total. The number of ketones is 1. The minimum Gasteiger partial charge on any atom is -0.300 e. The lowest BCUT2D eigenvalue weighted by molar-refractivity contribution is -0.136. The number of aromatic nitrogens is 2. The Morgan fingerprint density at radius 2 is 1.96 bits per heavy atom. The van der Waals surface area contributed by atoms with E-state index in [1.54, 1.807) is 0 Å². The van der Waals surface area contributed by atoms with Crippen molar-refractivity contribution in [2.24, 2.45) is 17.8 Å². The summed E-state index contributed by atoms with van der Waals surface area (Å²) in [6, 6.07) is 0. The highest BCUT2D eigenvalue weighted by molar-refractivity contribution is 7.15. The predicted octanol–water partition coefficient (Wildman–Crippen LogP) is 3.60. The normalized spacial score (nSPS) is 27.0. The first-order chi connectivity index (χ1) is 11.2. The van der Waals surface area contributed by atoms with Crippen LogP contribution in [0.2, 0.25) is 0 Å². The molecule has 0 spiro atoms. The van der Waals surface area contributed by atoms with Crippen LogP contribution in [0.15, 0.2) is 0 Å². The van der Waals surface area contributed by atoms with Crippen LogP contribution in [-0.2, 0) is 16.0 Å². The number of unbranched alkanes of at least 4 members (excludes halogenated alkanes) is 2. The van der Waals surface area contributed by atoms with Crippen LogP contribution in [0.3, 0.4) is 0 Å². The molecule has 2 atom stereocenters. The van der Waals surface area contributed by atoms with E-state index in [4.69, 9.17) is 0 Å². The molecule has 23 heavy (non-hydrogen) atoms. The van der Waals surface area contributed by atoms with Crippen molar-refractivity contribution in [3.63, 3.8) is 0 Å². The molecule has 0 aromatic carbocycles. The standard InChI is InChI=1S/C17H25N3O2S/c1-2-3-4-8-14-19-20-17(23-14)18-16(22)13-9-11-6-5-7-12(10-13)15(11)21/h11-13H,2-10H2,1H3,(H,18,20,22). The molecule has 1 aromatic rings. The van der Waals surface area contributed by atoms with Gasteiger partial charge < -0.3 is 5.32 Å². The van der Waals surface area contributed by atoms with Crippen molar-refractivity contribution in [3.05, 3.63) is 5.01 Å². The molecule has 3 rings (SSSR count). The molecule has 0 radical (unpaired) electrons. The molecule has 2 saturated carbocycles. The van der Waals surface area contributed by atoms with Gasteiger partial charge in [0.15, 0.2) is 0 Å². The van der Waals surface area contributed by atoms with Crippen LogP contribution >= 0.6 is 11.3 Å². The first kappa shape index (κ1) is 16.6. The minimum atomic E-state index is -0.0459. The summed E-state index contributed by atoms with van der Waals surface area (Å²) < 4.78 is 0. The summed E-state index contributed by atoms with van der Waals surface area (Å²) in [7, 11) is 0. The second-order valence-electron chi connectivity index (χ2n) is 6.84. The Balaban J connectivity index is 1.54. The second-order valence-corrected chi connectivity index (χ2v) is 7.90. The third-order valence-electron chi connectivity index (χ3n) is 5.11. The average Bonchev–Trinajstić information content (AvgIpc) is 2.94. The first-order valence-corrected chi connectivity index (χ1v) is 9.66. The summed E-state index contributed by atoms with van der Waals surface area (Å²) in [5.41, 5.74) is 0. The number of carbonyl (C=O) groups is 2. The summed E-state index contributed by atoms with van der Waals surface area (Å²) in [6.45, 7) is 2.18. The van der Waals surface area contributed by atoms with Gasteiger partial charge in [0.1, 0.15) is 10.8 Å². The fourth-order valence-electron chi connectivity index (χ4n) is 3.83. The predicted molar refractivity (Wildman–Crippen MR) is 90.3 cm³/mol. The van der Waals surface area contributed by atoms with E-state index in [2.05, 4.69) is 22.4 Å². The zero-order chi connectivity index (χ0) is 16.2. The Labute approximate surface area is 141 Å². The van der Waals surface area contributed by atoms with E-state index in [1.165, 1.54) is 24.2 Å². The van der Waals surface area contributed by atoms with Crippen LogP contribution in [-0.4, -0.2) is 21.9 Å². The lowest BCUT2D eigenvalue weighted by atomic mass is 9.67. The topological polar surface area (TPSA) is 72.0 Å². The number of nitrogens with one attached hydrogen (secondary N) is 1. The number of amides is 1. The van der Waals surface area contributed by atoms with Crippen LogP contribution in [0.5, 0.6) is 0 Å². The Hall–Kier alpha value is -1.30. The van der Waals surface area contributed by atoms with Crippen LogP contribution in [0, 0.1) is 17.8 Å². The Morgan fingerprint density at radius 3 is 2.65 bits per heavy atom. The van der Waals surface area contributed by atoms with Crippen molar-refractivity contribution in [3.8, 4) is 0 Å². The molecule has 2 aliphatic rings. The zero-order valence-corrected chi connectivity index (χ0v) is 14.5. The first-order valence-electron chi connectivity index (χ1n) is 8.84. The number of carbonyl (C=O) groups excluding carboxylic acids is 2. The molecule has 0 saturated heterocycles. The molecule has 2 unspecified atom stereocenters. The number of rotatable bonds is 6. The highest BCUT2D eigenvalue weighted by Crippen LogP contribution is 2.40. The van der Waals surface area contributed by atoms with Crippen LogP contribution < -0.4 is 5.32 Å². The molecule has 2 fully saturated rings. The van der Waals surface area contributed by atoms with Gasteiger partial charge >= 0.3 is 0 Å². The largest absolute Gasteiger partial charge is 0.300 e. The molecule has 6 heteroatoms. The van der Waals surface area contributed by atoms with Gasteiger partial charge in [0, 0.05) is 24.2 Å². The summed E-state index contributed by atoms with van der Waals surface area (Å²) in [5.74, 6) is 0.588. The van der Waals surface area contributed by atoms with Gasteiger partial charge in [-0.05, 0) is 32.1 Å². The Kier molecular flexibility index (Phi) is 5.41. The second kappa shape index (κ2) is 7.51. The van der Waals surface area contributed by atoms with Crippen molar-refractivity contribution in [1.82, 2.24) is 10.2 Å². The number of fused-ring (bicyclic) bond motifs is 2. The third kappa shape index (κ3) is 3.97. The van der Waals surface area contributed by atoms with E-state index in [0.29, 0.717) is 23.8 Å². The Bertz CT molecular complexity index is 556. The average molecular weight is 335 g/mol. The highest BCUT2D eigenvalue weighted by atomic mass is 32.1. The number of Topliss-reactive ketones (excluding diaryl/α,β-unsaturated/α-hetero) is 1. The van der Waals surface area contributed by atoms with E-state index in [0.717, 1.165) is 37.1 Å². The van der Waals surface area contributed by atoms with Gasteiger partial charge in [0.25, 0.3) is 0 Å². The molecule has 2 aliphatic carbocycles. The quantitative estimate of drug-likeness (QED) is 0.806. The van der Waals surface area contributed by atoms with Crippen molar-refractivity contribution >= 4 is 28.2 Å². The number of hydrogen-bond acceptors (Lipinski definition) is 5. The molecule has 1 N–H and O–H groups in total. The smallest absolute Gasteiger partial charge is 0.229 e. The molecular formula is C17H25N3O2S. The van der Waals surface area contributed by atoms with Crippen LogP contribution in [0.25, 0.3) is 0 Å². The zero-order valence-electron chi connectivity index (χ0n) is 13.7. The van der Waals surface area contributed by atoms with Gasteiger partial charge in [-0.1, -0.05) is 37.5 Å². The van der Waals surface area contributed by atoms with Gasteiger partial charge in [0.05, 0.1) is 0 Å². The molecule has 1 heterocycles. The van der Waals surface area contributed by atoms with Crippen molar-refractivity contribution in [2.75, 3.05) is 5.32 Å². The van der Waals surface area contributed by atoms with Crippen LogP contribution in [0.4, 0.5) is 5.13 Å². The van der Waals surface area contributed by atoms with Crippen molar-refractivity contribution < 1.29 is 9.59 Å². The number of hydrogen-bond donors (Lipinski definition) is 1. The van der Waals surface area contributed by atoms with Gasteiger partial charge in [0.2, 0.25) is 11.0 Å². The summed E-state index contributed by atoms with van der Waals surface area (Å²) >= 11 is 1.48. The molecule has 0 aliphatic heterocycles. The van der Waals surface area contributed by atoms with Crippen molar-refractivity contribution in [1.29, 1.82) is 0 Å². The fourth-order valence-corrected chi connectivity index (χ4v) is 4.62. The van der Waals surface area contributed by atoms with E-state index >= 15 is 0 Å². The molecule has 1 aromatic heterocycles. The number of aryl methyl sites for hydroxylation is 1. The van der Waals surface area contributed by atoms with Gasteiger partial charge in [-0.25, -0.2) is 0 Å². The highest BCUT2D eigenvalue weighted by Gasteiger charge is 2.41. The van der Waals surface area contributed by atoms with Gasteiger partial charge in [-0.3, -0.25) is 9.59 Å². The molecular weight excluding hydrogens is 310 g/mol. The fraction of sp³-hybridized carbons (Fsp3) is 0.765. The monoisotopic (exact) mass is 335 g/mol. The lowest BCUT2D eigenvalue weighted by Gasteiger charge is -2.36. The van der Waals surface area contributed by atoms with E-state index in [9.17, 15) is 9.59 Å². The summed E-state index contributed by atoms with van der Waals surface area (Å²) in [5, 5.41) is 12.8. The molecule has 2 bridgehead atoms. The number of anilines is 1. The van der Waals surface area contributed by atoms with Crippen molar-refractivity contribution in [2.45, 2.75) is 64.7 Å². The van der Waals surface area contributed by atoms with E-state index in [-0.39, 0.29) is 23.7 Å². The maximum absolute atomic E-state index is 12.5. The minimum absolute atomic E-state index is 0.0191. The summed E-state index contributed by atoms with van der Waals surface area (Å²) in [6.07, 6.45) is 8.90. The lowest BCUT2D eigenvalue weighted by Crippen LogP contribution is -2.40. The third-order valence-corrected chi connectivity index (χ3v) is 6.01. The maximum atomic E-state index is 12.5. The van der Waals surface area contributed by atoms with E-state index in [1.807, 2.05) is 0 Å². The Morgan fingerprint density at radius 1 is 1.22 bits per heavy atom. The van der Waals surface area contributed by atoms with Gasteiger partial charge in [-0.15, -0.1) is 10.2 Å². The molecule has 126 valence electrons. The SMILES string of the molecule is CCCCCc1nnc(NC(=O)C2CC3CCCC(C2)C3=O)s1.